The third kappa shape index (κ3) is 2.59. The predicted molar refractivity (Wildman–Crippen MR) is 81.3 cm³/mol. The largest absolute Gasteiger partial charge is 0.368 e. The molecular formula is C16H22BrN. The van der Waals surface area contributed by atoms with Crippen molar-refractivity contribution in [2.75, 3.05) is 11.4 Å². The van der Waals surface area contributed by atoms with Gasteiger partial charge in [-0.05, 0) is 55.9 Å². The van der Waals surface area contributed by atoms with Crippen LogP contribution in [0.2, 0.25) is 0 Å². The van der Waals surface area contributed by atoms with Gasteiger partial charge in [0, 0.05) is 22.7 Å². The number of aryl methyl sites for hydroxylation is 1. The predicted octanol–water partition coefficient (Wildman–Crippen LogP) is 4.92. The smallest absolute Gasteiger partial charge is 0.0402 e. The Kier molecular flexibility index (Phi) is 3.93. The van der Waals surface area contributed by atoms with Gasteiger partial charge in [-0.15, -0.1) is 0 Å². The second kappa shape index (κ2) is 5.64. The van der Waals surface area contributed by atoms with Gasteiger partial charge < -0.3 is 4.90 Å². The van der Waals surface area contributed by atoms with Gasteiger partial charge in [0.25, 0.3) is 0 Å². The SMILES string of the molecule is Brc1ccc2c(c1)CCCCN2C1CCCCC1. The molecule has 1 aliphatic heterocycles. The van der Waals surface area contributed by atoms with Gasteiger partial charge in [-0.1, -0.05) is 35.2 Å². The van der Waals surface area contributed by atoms with E-state index in [2.05, 4.69) is 39.0 Å². The highest BCUT2D eigenvalue weighted by Crippen LogP contribution is 2.34. The van der Waals surface area contributed by atoms with Gasteiger partial charge in [-0.25, -0.2) is 0 Å². The van der Waals surface area contributed by atoms with Crippen LogP contribution in [-0.2, 0) is 6.42 Å². The third-order valence-electron chi connectivity index (χ3n) is 4.46. The molecule has 0 spiro atoms. The summed E-state index contributed by atoms with van der Waals surface area (Å²) in [5.74, 6) is 0. The van der Waals surface area contributed by atoms with Crippen LogP contribution in [0, 0.1) is 0 Å². The second-order valence-electron chi connectivity index (χ2n) is 5.72. The molecule has 2 heteroatoms. The summed E-state index contributed by atoms with van der Waals surface area (Å²) in [5, 5.41) is 0. The lowest BCUT2D eigenvalue weighted by Crippen LogP contribution is -2.37. The van der Waals surface area contributed by atoms with Crippen LogP contribution < -0.4 is 4.90 Å². The van der Waals surface area contributed by atoms with Gasteiger partial charge in [0.15, 0.2) is 0 Å². The Hall–Kier alpha value is -0.500. The minimum absolute atomic E-state index is 0.803. The van der Waals surface area contributed by atoms with Crippen molar-refractivity contribution in [1.29, 1.82) is 0 Å². The van der Waals surface area contributed by atoms with Crippen molar-refractivity contribution in [3.8, 4) is 0 Å². The lowest BCUT2D eigenvalue weighted by molar-refractivity contribution is 0.413. The molecule has 18 heavy (non-hydrogen) atoms. The first kappa shape index (κ1) is 12.5. The molecule has 0 amide bonds. The highest BCUT2D eigenvalue weighted by molar-refractivity contribution is 9.10. The van der Waals surface area contributed by atoms with Crippen LogP contribution in [0.4, 0.5) is 5.69 Å². The van der Waals surface area contributed by atoms with Crippen LogP contribution in [0.1, 0.15) is 50.5 Å². The number of anilines is 1. The van der Waals surface area contributed by atoms with Crippen LogP contribution in [0.15, 0.2) is 22.7 Å². The van der Waals surface area contributed by atoms with Crippen molar-refractivity contribution in [2.24, 2.45) is 0 Å². The average molecular weight is 308 g/mol. The number of halogens is 1. The summed E-state index contributed by atoms with van der Waals surface area (Å²) in [4.78, 5) is 2.72. The molecule has 1 aliphatic carbocycles. The zero-order chi connectivity index (χ0) is 12.4. The van der Waals surface area contributed by atoms with Gasteiger partial charge in [0.2, 0.25) is 0 Å². The fourth-order valence-corrected chi connectivity index (χ4v) is 3.93. The number of benzene rings is 1. The normalized spacial score (nSPS) is 21.5. The van der Waals surface area contributed by atoms with E-state index in [1.807, 2.05) is 0 Å². The maximum Gasteiger partial charge on any atom is 0.0402 e. The molecule has 98 valence electrons. The molecule has 0 atom stereocenters. The lowest BCUT2D eigenvalue weighted by Gasteiger charge is -2.36. The first-order valence-corrected chi connectivity index (χ1v) is 8.19. The second-order valence-corrected chi connectivity index (χ2v) is 6.63. The molecule has 3 rings (SSSR count). The Morgan fingerprint density at radius 2 is 1.83 bits per heavy atom. The number of rotatable bonds is 1. The van der Waals surface area contributed by atoms with E-state index in [1.54, 1.807) is 5.56 Å². The van der Waals surface area contributed by atoms with E-state index in [1.165, 1.54) is 68.1 Å². The molecule has 1 fully saturated rings. The van der Waals surface area contributed by atoms with E-state index in [9.17, 15) is 0 Å². The summed E-state index contributed by atoms with van der Waals surface area (Å²) < 4.78 is 1.23. The van der Waals surface area contributed by atoms with E-state index in [0.717, 1.165) is 6.04 Å². The summed E-state index contributed by atoms with van der Waals surface area (Å²) >= 11 is 3.61. The number of hydrogen-bond acceptors (Lipinski definition) is 1. The molecular weight excluding hydrogens is 286 g/mol. The molecule has 2 aliphatic rings. The van der Waals surface area contributed by atoms with E-state index < -0.39 is 0 Å². The third-order valence-corrected chi connectivity index (χ3v) is 4.95. The molecule has 1 saturated carbocycles. The average Bonchev–Trinajstić information content (AvgIpc) is 2.61. The van der Waals surface area contributed by atoms with Crippen molar-refractivity contribution in [3.63, 3.8) is 0 Å². The molecule has 1 aromatic carbocycles. The standard InChI is InChI=1S/C16H22BrN/c17-14-9-10-16-13(12-14)6-4-5-11-18(16)15-7-2-1-3-8-15/h9-10,12,15H,1-8,11H2. The van der Waals surface area contributed by atoms with E-state index in [4.69, 9.17) is 0 Å². The van der Waals surface area contributed by atoms with Crippen molar-refractivity contribution in [2.45, 2.75) is 57.4 Å². The summed E-state index contributed by atoms with van der Waals surface area (Å²) in [6.45, 7) is 1.26. The highest BCUT2D eigenvalue weighted by Gasteiger charge is 2.24. The lowest BCUT2D eigenvalue weighted by atomic mass is 9.93. The van der Waals surface area contributed by atoms with Gasteiger partial charge in [0.05, 0.1) is 0 Å². The number of nitrogens with zero attached hydrogens (tertiary/aromatic N) is 1. The monoisotopic (exact) mass is 307 g/mol. The van der Waals surface area contributed by atoms with Crippen molar-refractivity contribution in [3.05, 3.63) is 28.2 Å². The van der Waals surface area contributed by atoms with Gasteiger partial charge in [-0.3, -0.25) is 0 Å². The molecule has 0 saturated heterocycles. The molecule has 0 N–H and O–H groups in total. The highest BCUT2D eigenvalue weighted by atomic mass is 79.9. The fraction of sp³-hybridized carbons (Fsp3) is 0.625. The summed E-state index contributed by atoms with van der Waals surface area (Å²) in [6.07, 6.45) is 11.0. The Morgan fingerprint density at radius 1 is 1.00 bits per heavy atom. The molecule has 1 nitrogen and oxygen atoms in total. The Labute approximate surface area is 119 Å². The molecule has 0 radical (unpaired) electrons. The van der Waals surface area contributed by atoms with Crippen LogP contribution in [-0.4, -0.2) is 12.6 Å². The zero-order valence-electron chi connectivity index (χ0n) is 11.0. The minimum atomic E-state index is 0.803. The minimum Gasteiger partial charge on any atom is -0.368 e. The summed E-state index contributed by atoms with van der Waals surface area (Å²) in [5.41, 5.74) is 3.06. The quantitative estimate of drug-likeness (QED) is 0.711. The summed E-state index contributed by atoms with van der Waals surface area (Å²) in [6, 6.07) is 7.67. The molecule has 0 bridgehead atoms. The Morgan fingerprint density at radius 3 is 2.67 bits per heavy atom. The van der Waals surface area contributed by atoms with Crippen LogP contribution in [0.3, 0.4) is 0 Å². The number of hydrogen-bond donors (Lipinski definition) is 0. The van der Waals surface area contributed by atoms with Gasteiger partial charge >= 0.3 is 0 Å². The van der Waals surface area contributed by atoms with Crippen molar-refractivity contribution < 1.29 is 0 Å². The topological polar surface area (TPSA) is 3.24 Å². The van der Waals surface area contributed by atoms with E-state index >= 15 is 0 Å². The maximum atomic E-state index is 3.61. The first-order chi connectivity index (χ1) is 8.84. The number of fused-ring (bicyclic) bond motifs is 1. The van der Waals surface area contributed by atoms with Gasteiger partial charge in [-0.2, -0.15) is 0 Å². The molecule has 1 aromatic rings. The molecule has 1 heterocycles. The molecule has 0 unspecified atom stereocenters. The van der Waals surface area contributed by atoms with Crippen LogP contribution in [0.25, 0.3) is 0 Å². The maximum absolute atomic E-state index is 3.61. The van der Waals surface area contributed by atoms with Crippen molar-refractivity contribution >= 4 is 21.6 Å². The van der Waals surface area contributed by atoms with Crippen molar-refractivity contribution in [1.82, 2.24) is 0 Å². The van der Waals surface area contributed by atoms with Gasteiger partial charge in [0.1, 0.15) is 0 Å². The summed E-state index contributed by atoms with van der Waals surface area (Å²) in [7, 11) is 0. The first-order valence-electron chi connectivity index (χ1n) is 7.40. The zero-order valence-corrected chi connectivity index (χ0v) is 12.6. The van der Waals surface area contributed by atoms with Crippen LogP contribution in [0.5, 0.6) is 0 Å². The Bertz CT molecular complexity index is 410. The van der Waals surface area contributed by atoms with Crippen LogP contribution >= 0.6 is 15.9 Å². The van der Waals surface area contributed by atoms with E-state index in [-0.39, 0.29) is 0 Å². The van der Waals surface area contributed by atoms with E-state index in [0.29, 0.717) is 0 Å². The Balaban J connectivity index is 1.90. The molecule has 0 aromatic heterocycles. The fourth-order valence-electron chi connectivity index (χ4n) is 3.52.